The highest BCUT2D eigenvalue weighted by molar-refractivity contribution is 9.10. The minimum Gasteiger partial charge on any atom is -0.461 e. The fourth-order valence-corrected chi connectivity index (χ4v) is 11.6. The van der Waals surface area contributed by atoms with E-state index in [1.54, 1.807) is 81.4 Å². The van der Waals surface area contributed by atoms with E-state index in [0.29, 0.717) is 15.9 Å². The molecule has 0 radical (unpaired) electrons. The van der Waals surface area contributed by atoms with Crippen LogP contribution < -0.4 is 43.1 Å². The summed E-state index contributed by atoms with van der Waals surface area (Å²) in [4.78, 5) is 94.5. The maximum atomic E-state index is 14.9. The van der Waals surface area contributed by atoms with Crippen molar-refractivity contribution in [1.82, 2.24) is 21.3 Å². The van der Waals surface area contributed by atoms with Crippen molar-refractivity contribution < 1.29 is 47.5 Å². The molecule has 0 saturated carbocycles. The van der Waals surface area contributed by atoms with Crippen molar-refractivity contribution in [2.75, 3.05) is 13.2 Å². The Kier molecular flexibility index (Phi) is 19.7. The quantitative estimate of drug-likeness (QED) is 0.0546. The molecule has 0 aliphatic carbocycles. The Morgan fingerprint density at radius 2 is 1.27 bits per heavy atom. The molecule has 0 spiro atoms. The van der Waals surface area contributed by atoms with Gasteiger partial charge in [-0.05, 0) is 53.9 Å². The highest BCUT2D eigenvalue weighted by Crippen LogP contribution is 2.38. The number of primary amides is 2. The van der Waals surface area contributed by atoms with Gasteiger partial charge >= 0.3 is 12.1 Å². The number of carbonyl (C=O) groups excluding carboxylic acids is 7. The first kappa shape index (κ1) is 53.6. The van der Waals surface area contributed by atoms with Gasteiger partial charge in [-0.25, -0.2) is 4.79 Å². The number of alkyl carbamates (subject to hydrolysis) is 1. The molecule has 0 aliphatic heterocycles. The van der Waals surface area contributed by atoms with Gasteiger partial charge in [-0.1, -0.05) is 144 Å². The van der Waals surface area contributed by atoms with Gasteiger partial charge in [-0.2, -0.15) is 0 Å². The van der Waals surface area contributed by atoms with Crippen LogP contribution in [0.2, 0.25) is 5.04 Å². The molecule has 0 aliphatic rings. The third kappa shape index (κ3) is 16.7. The standard InChI is InChI=1S/C43H54BrCl3N6O10Si/c1-41(2,3)62-40(60)52-31(24-32(48)54)38(58)53-34(35(36(49)56)63-64(42(4,5)6,28-13-9-7-10-14-28)29-15-11-8-12-16-29)39(59)51-30(23-26-17-19-27(44)20-18-26)37(57)50-22-21-33(55)61-25-43(45,46)47/h7-20,30-31,34-35H,21-25H2,1-6H3,(H2,48,54)(H2,49,56)(H,50,57)(H,51,59)(H,52,60)(H,53,58)/t30-,31-,34-,35+/m0/s1. The summed E-state index contributed by atoms with van der Waals surface area (Å²) < 4.78 is 16.2. The predicted octanol–water partition coefficient (Wildman–Crippen LogP) is 3.58. The lowest BCUT2D eigenvalue weighted by Crippen LogP contribution is -2.72. The molecule has 3 aromatic carbocycles. The lowest BCUT2D eigenvalue weighted by Gasteiger charge is -2.45. The van der Waals surface area contributed by atoms with Crippen LogP contribution in [-0.2, 0) is 49.1 Å². The summed E-state index contributed by atoms with van der Waals surface area (Å²) in [6, 6.07) is 19.7. The lowest BCUT2D eigenvalue weighted by molar-refractivity contribution is -0.143. The van der Waals surface area contributed by atoms with Crippen molar-refractivity contribution >= 4 is 111 Å². The van der Waals surface area contributed by atoms with Crippen LogP contribution in [0.4, 0.5) is 4.79 Å². The molecule has 0 fully saturated rings. The number of nitrogens with one attached hydrogen (secondary N) is 4. The van der Waals surface area contributed by atoms with Crippen LogP contribution in [0.15, 0.2) is 89.4 Å². The fraction of sp³-hybridized carbons (Fsp3) is 0.419. The van der Waals surface area contributed by atoms with Gasteiger partial charge in [0.1, 0.15) is 30.3 Å². The average Bonchev–Trinajstić information content (AvgIpc) is 3.19. The van der Waals surface area contributed by atoms with Crippen molar-refractivity contribution in [3.05, 3.63) is 95.0 Å². The van der Waals surface area contributed by atoms with Crippen molar-refractivity contribution in [3.8, 4) is 0 Å². The number of hydrogen-bond acceptors (Lipinski definition) is 10. The number of halogens is 4. The maximum Gasteiger partial charge on any atom is 0.408 e. The molecular formula is C43H54BrCl3N6O10Si. The Bertz CT molecular complexity index is 2060. The first-order valence-corrected chi connectivity index (χ1v) is 23.8. The van der Waals surface area contributed by atoms with Gasteiger partial charge < -0.3 is 46.6 Å². The lowest BCUT2D eigenvalue weighted by atomic mass is 10.0. The van der Waals surface area contributed by atoms with Gasteiger partial charge in [0.2, 0.25) is 33.3 Å². The Balaban J connectivity index is 2.19. The molecule has 21 heteroatoms. The number of nitrogens with two attached hydrogens (primary N) is 2. The van der Waals surface area contributed by atoms with E-state index in [2.05, 4.69) is 37.2 Å². The molecule has 348 valence electrons. The topological polar surface area (TPSA) is 247 Å². The van der Waals surface area contributed by atoms with E-state index in [1.807, 2.05) is 45.0 Å². The van der Waals surface area contributed by atoms with E-state index in [9.17, 15) is 33.6 Å². The van der Waals surface area contributed by atoms with Crippen LogP contribution >= 0.6 is 50.7 Å². The summed E-state index contributed by atoms with van der Waals surface area (Å²) in [5.41, 5.74) is 11.2. The second kappa shape index (κ2) is 23.5. The summed E-state index contributed by atoms with van der Waals surface area (Å²) in [5, 5.41) is 10.6. The van der Waals surface area contributed by atoms with Gasteiger partial charge in [0.15, 0.2) is 6.10 Å². The van der Waals surface area contributed by atoms with Gasteiger partial charge in [0, 0.05) is 17.4 Å². The van der Waals surface area contributed by atoms with Crippen molar-refractivity contribution in [1.29, 1.82) is 0 Å². The second-order valence-electron chi connectivity index (χ2n) is 16.7. The normalized spacial score (nSPS) is 13.8. The molecule has 8 N–H and O–H groups in total. The zero-order valence-corrected chi connectivity index (χ0v) is 41.0. The molecule has 0 aromatic heterocycles. The van der Waals surface area contributed by atoms with Gasteiger partial charge in [0.05, 0.1) is 12.8 Å². The Morgan fingerprint density at radius 1 is 0.719 bits per heavy atom. The molecule has 0 saturated heterocycles. The van der Waals surface area contributed by atoms with Crippen LogP contribution in [0.1, 0.15) is 59.9 Å². The number of ether oxygens (including phenoxy) is 2. The largest absolute Gasteiger partial charge is 0.461 e. The van der Waals surface area contributed by atoms with Crippen molar-refractivity contribution in [2.45, 2.75) is 99.5 Å². The molecule has 16 nitrogen and oxygen atoms in total. The molecule has 0 unspecified atom stereocenters. The molecule has 64 heavy (non-hydrogen) atoms. The van der Waals surface area contributed by atoms with Gasteiger partial charge in [0.25, 0.3) is 8.32 Å². The summed E-state index contributed by atoms with van der Waals surface area (Å²) in [7, 11) is -3.76. The molecule has 3 aromatic rings. The van der Waals surface area contributed by atoms with E-state index in [1.165, 1.54) is 0 Å². The van der Waals surface area contributed by atoms with E-state index in [-0.39, 0.29) is 19.4 Å². The molecule has 0 bridgehead atoms. The number of rotatable bonds is 20. The Hall–Kier alpha value is -4.72. The van der Waals surface area contributed by atoms with Crippen molar-refractivity contribution in [2.24, 2.45) is 11.5 Å². The summed E-state index contributed by atoms with van der Waals surface area (Å²) in [6.07, 6.45) is -4.28. The van der Waals surface area contributed by atoms with E-state index in [0.717, 1.165) is 4.47 Å². The smallest absolute Gasteiger partial charge is 0.408 e. The zero-order chi connectivity index (χ0) is 48.0. The highest BCUT2D eigenvalue weighted by atomic mass is 79.9. The van der Waals surface area contributed by atoms with E-state index >= 15 is 0 Å². The van der Waals surface area contributed by atoms with Crippen LogP contribution in [-0.4, -0.2) is 96.7 Å². The van der Waals surface area contributed by atoms with Gasteiger partial charge in [-0.15, -0.1) is 0 Å². The van der Waals surface area contributed by atoms with Crippen molar-refractivity contribution in [3.63, 3.8) is 0 Å². The first-order chi connectivity index (χ1) is 29.7. The van der Waals surface area contributed by atoms with E-state index in [4.69, 9.17) is 60.2 Å². The minimum atomic E-state index is -3.76. The Morgan fingerprint density at radius 3 is 1.73 bits per heavy atom. The monoisotopic (exact) mass is 1030 g/mol. The van der Waals surface area contributed by atoms with Crippen LogP contribution in [0.3, 0.4) is 0 Å². The number of esters is 1. The summed E-state index contributed by atoms with van der Waals surface area (Å²) in [5.74, 6) is -6.03. The molecule has 0 heterocycles. The molecular weight excluding hydrogens is 975 g/mol. The third-order valence-electron chi connectivity index (χ3n) is 9.31. The van der Waals surface area contributed by atoms with Crippen LogP contribution in [0.25, 0.3) is 0 Å². The fourth-order valence-electron chi connectivity index (χ4n) is 6.54. The predicted molar refractivity (Wildman–Crippen MR) is 249 cm³/mol. The Labute approximate surface area is 396 Å². The molecule has 6 amide bonds. The summed E-state index contributed by atoms with van der Waals surface area (Å²) in [6.45, 7) is 9.65. The number of amides is 6. The summed E-state index contributed by atoms with van der Waals surface area (Å²) >= 11 is 20.4. The zero-order valence-electron chi connectivity index (χ0n) is 36.2. The minimum absolute atomic E-state index is 0.134. The SMILES string of the molecule is CC(C)(C)OC(=O)N[C@@H](CC(N)=O)C(=O)N[C@H](C(=O)N[C@@H](Cc1ccc(Br)cc1)C(=O)NCCC(=O)OCC(Cl)(Cl)Cl)[C@@H](O[Si](c1ccccc1)(c1ccccc1)C(C)(C)C)C(N)=O. The third-order valence-corrected chi connectivity index (χ3v) is 15.2. The number of benzene rings is 3. The average molecular weight is 1030 g/mol. The maximum absolute atomic E-state index is 14.9. The van der Waals surface area contributed by atoms with Gasteiger partial charge in [-0.3, -0.25) is 28.8 Å². The molecule has 4 atom stereocenters. The number of hydrogen-bond donors (Lipinski definition) is 6. The first-order valence-electron chi connectivity index (χ1n) is 19.9. The highest BCUT2D eigenvalue weighted by Gasteiger charge is 2.54. The van der Waals surface area contributed by atoms with Crippen LogP contribution in [0.5, 0.6) is 0 Å². The van der Waals surface area contributed by atoms with Crippen LogP contribution in [0, 0.1) is 0 Å². The number of carbonyl (C=O) groups is 7. The number of alkyl halides is 3. The van der Waals surface area contributed by atoms with E-state index < -0.39 is 102 Å². The molecule has 3 rings (SSSR count). The second-order valence-corrected chi connectivity index (χ2v) is 24.4.